The highest BCUT2D eigenvalue weighted by Gasteiger charge is 2.24. The van der Waals surface area contributed by atoms with E-state index in [0.717, 1.165) is 0 Å². The summed E-state index contributed by atoms with van der Waals surface area (Å²) in [4.78, 5) is 16.5. The van der Waals surface area contributed by atoms with Crippen LogP contribution in [0.3, 0.4) is 0 Å². The smallest absolute Gasteiger partial charge is 0.255 e. The summed E-state index contributed by atoms with van der Waals surface area (Å²) >= 11 is 12.2. The van der Waals surface area contributed by atoms with Crippen LogP contribution < -0.4 is 21.1 Å². The van der Waals surface area contributed by atoms with Gasteiger partial charge in [-0.05, 0) is 26.1 Å². The van der Waals surface area contributed by atoms with Crippen LogP contribution >= 0.6 is 23.2 Å². The molecule has 0 bridgehead atoms. The van der Waals surface area contributed by atoms with Crippen molar-refractivity contribution in [2.75, 3.05) is 25.9 Å². The predicted octanol–water partition coefficient (Wildman–Crippen LogP) is 3.95. The second-order valence-corrected chi connectivity index (χ2v) is 7.03. The molecule has 1 amide bonds. The number of fused-ring (bicyclic) bond motifs is 1. The summed E-state index contributed by atoms with van der Waals surface area (Å²) in [7, 11) is 1.79. The molecule has 0 saturated heterocycles. The van der Waals surface area contributed by atoms with E-state index in [4.69, 9.17) is 38.1 Å². The van der Waals surface area contributed by atoms with Crippen LogP contribution in [-0.2, 0) is 0 Å². The summed E-state index contributed by atoms with van der Waals surface area (Å²) in [6, 6.07) is 2.56. The van der Waals surface area contributed by atoms with Crippen molar-refractivity contribution in [3.05, 3.63) is 51.6 Å². The van der Waals surface area contributed by atoms with Gasteiger partial charge < -0.3 is 25.5 Å². The number of pyridine rings is 1. The lowest BCUT2D eigenvalue weighted by Crippen LogP contribution is -2.30. The van der Waals surface area contributed by atoms with Gasteiger partial charge in [-0.15, -0.1) is 0 Å². The largest absolute Gasteiger partial charge is 0.478 e. The molecule has 0 spiro atoms. The van der Waals surface area contributed by atoms with Gasteiger partial charge in [0.15, 0.2) is 11.4 Å². The van der Waals surface area contributed by atoms with Crippen molar-refractivity contribution >= 4 is 45.9 Å². The monoisotopic (exact) mass is 440 g/mol. The molecule has 0 saturated carbocycles. The lowest BCUT2D eigenvalue weighted by Gasteiger charge is -2.18. The Kier molecular flexibility index (Phi) is 6.46. The van der Waals surface area contributed by atoms with Crippen molar-refractivity contribution in [3.63, 3.8) is 0 Å². The SMILES string of the molecule is CNCCNC(=O)c1coc2c(OC(C)c3c(Cl)ccc(F)c3Cl)c(N)ncc12. The summed E-state index contributed by atoms with van der Waals surface area (Å²) in [5.74, 6) is -0.782. The van der Waals surface area contributed by atoms with E-state index in [1.807, 2.05) is 0 Å². The number of nitrogens with zero attached hydrogens (tertiary/aromatic N) is 1. The van der Waals surface area contributed by atoms with Gasteiger partial charge in [-0.3, -0.25) is 4.79 Å². The number of carbonyl (C=O) groups is 1. The number of furan rings is 1. The van der Waals surface area contributed by atoms with Crippen molar-refractivity contribution in [2.24, 2.45) is 0 Å². The molecule has 10 heteroatoms. The number of rotatable bonds is 7. The molecule has 7 nitrogen and oxygen atoms in total. The van der Waals surface area contributed by atoms with E-state index in [-0.39, 0.29) is 38.7 Å². The van der Waals surface area contributed by atoms with E-state index in [0.29, 0.717) is 24.0 Å². The van der Waals surface area contributed by atoms with E-state index < -0.39 is 11.9 Å². The van der Waals surface area contributed by atoms with Gasteiger partial charge in [-0.25, -0.2) is 9.37 Å². The van der Waals surface area contributed by atoms with E-state index in [1.54, 1.807) is 14.0 Å². The maximum Gasteiger partial charge on any atom is 0.255 e. The van der Waals surface area contributed by atoms with Gasteiger partial charge in [0.2, 0.25) is 5.75 Å². The fourth-order valence-corrected chi connectivity index (χ4v) is 3.50. The fourth-order valence-electron chi connectivity index (χ4n) is 2.82. The Morgan fingerprint density at radius 1 is 1.38 bits per heavy atom. The number of carbonyl (C=O) groups excluding carboxylic acids is 1. The highest BCUT2D eigenvalue weighted by molar-refractivity contribution is 6.36. The number of hydrogen-bond donors (Lipinski definition) is 3. The quantitative estimate of drug-likeness (QED) is 0.379. The molecule has 0 fully saturated rings. The van der Waals surface area contributed by atoms with Crippen LogP contribution in [0.5, 0.6) is 5.75 Å². The van der Waals surface area contributed by atoms with Crippen molar-refractivity contribution in [1.82, 2.24) is 15.6 Å². The number of nitrogens with two attached hydrogens (primary N) is 1. The first-order valence-corrected chi connectivity index (χ1v) is 9.49. The molecule has 1 unspecified atom stereocenters. The Hall–Kier alpha value is -2.55. The summed E-state index contributed by atoms with van der Waals surface area (Å²) in [6.45, 7) is 2.70. The lowest BCUT2D eigenvalue weighted by atomic mass is 10.1. The maximum atomic E-state index is 13.9. The Morgan fingerprint density at radius 3 is 2.86 bits per heavy atom. The number of nitrogen functional groups attached to an aromatic ring is 1. The number of ether oxygens (including phenoxy) is 1. The van der Waals surface area contributed by atoms with E-state index in [1.165, 1.54) is 24.6 Å². The van der Waals surface area contributed by atoms with Gasteiger partial charge in [-0.2, -0.15) is 0 Å². The highest BCUT2D eigenvalue weighted by Crippen LogP contribution is 2.39. The molecular weight excluding hydrogens is 422 g/mol. The highest BCUT2D eigenvalue weighted by atomic mass is 35.5. The predicted molar refractivity (Wildman–Crippen MR) is 110 cm³/mol. The van der Waals surface area contributed by atoms with Crippen LogP contribution in [0.1, 0.15) is 28.9 Å². The summed E-state index contributed by atoms with van der Waals surface area (Å²) in [6.07, 6.45) is 1.97. The van der Waals surface area contributed by atoms with Gasteiger partial charge >= 0.3 is 0 Å². The molecule has 0 aliphatic heterocycles. The van der Waals surface area contributed by atoms with Crippen LogP contribution in [0.15, 0.2) is 29.0 Å². The third kappa shape index (κ3) is 4.24. The molecule has 4 N–H and O–H groups in total. The lowest BCUT2D eigenvalue weighted by molar-refractivity contribution is 0.0955. The zero-order valence-corrected chi connectivity index (χ0v) is 17.2. The molecule has 3 rings (SSSR count). The standard InChI is InChI=1S/C19H19Cl2FN4O3/c1-9(14-12(20)3-4-13(22)15(14)21)29-17-16-10(7-26-18(17)23)11(8-28-16)19(27)25-6-5-24-2/h3-4,7-9,24H,5-6H2,1-2H3,(H2,23,26)(H,25,27). The van der Waals surface area contributed by atoms with Crippen molar-refractivity contribution < 1.29 is 18.3 Å². The molecule has 1 aromatic carbocycles. The zero-order chi connectivity index (χ0) is 21.1. The fraction of sp³-hybridized carbons (Fsp3) is 0.263. The normalized spacial score (nSPS) is 12.2. The van der Waals surface area contributed by atoms with E-state index in [2.05, 4.69) is 15.6 Å². The Labute approximate surface area is 176 Å². The molecule has 3 aromatic rings. The number of nitrogens with one attached hydrogen (secondary N) is 2. The van der Waals surface area contributed by atoms with Crippen molar-refractivity contribution in [2.45, 2.75) is 13.0 Å². The van der Waals surface area contributed by atoms with Gasteiger partial charge in [0.05, 0.1) is 16.0 Å². The van der Waals surface area contributed by atoms with Crippen LogP contribution in [0.2, 0.25) is 10.0 Å². The molecule has 0 aliphatic carbocycles. The average Bonchev–Trinajstić information content (AvgIpc) is 3.12. The third-order valence-electron chi connectivity index (χ3n) is 4.29. The molecule has 0 radical (unpaired) electrons. The first-order chi connectivity index (χ1) is 13.8. The van der Waals surface area contributed by atoms with Crippen LogP contribution in [0.25, 0.3) is 11.0 Å². The minimum absolute atomic E-state index is 0.0458. The van der Waals surface area contributed by atoms with Crippen LogP contribution in [0.4, 0.5) is 10.2 Å². The summed E-state index contributed by atoms with van der Waals surface area (Å²) < 4.78 is 25.3. The zero-order valence-electron chi connectivity index (χ0n) is 15.7. The number of likely N-dealkylation sites (N-methyl/N-ethyl adjacent to an activating group) is 1. The number of amides is 1. The van der Waals surface area contributed by atoms with Crippen LogP contribution in [0, 0.1) is 5.82 Å². The van der Waals surface area contributed by atoms with Gasteiger partial charge in [0.25, 0.3) is 5.91 Å². The maximum absolute atomic E-state index is 13.9. The minimum atomic E-state index is -0.765. The first kappa shape index (κ1) is 21.2. The number of benzene rings is 1. The molecular formula is C19H19Cl2FN4O3. The second kappa shape index (κ2) is 8.86. The summed E-state index contributed by atoms with van der Waals surface area (Å²) in [5, 5.41) is 6.23. The molecule has 29 heavy (non-hydrogen) atoms. The minimum Gasteiger partial charge on any atom is -0.478 e. The molecule has 2 heterocycles. The third-order valence-corrected chi connectivity index (χ3v) is 5.00. The van der Waals surface area contributed by atoms with Crippen molar-refractivity contribution in [1.29, 1.82) is 0 Å². The molecule has 0 aliphatic rings. The average molecular weight is 441 g/mol. The number of hydrogen-bond acceptors (Lipinski definition) is 6. The van der Waals surface area contributed by atoms with Gasteiger partial charge in [-0.1, -0.05) is 23.2 Å². The number of aromatic nitrogens is 1. The van der Waals surface area contributed by atoms with E-state index in [9.17, 15) is 9.18 Å². The number of anilines is 1. The molecule has 2 aromatic heterocycles. The first-order valence-electron chi connectivity index (χ1n) is 8.73. The Morgan fingerprint density at radius 2 is 2.14 bits per heavy atom. The number of halogens is 3. The van der Waals surface area contributed by atoms with E-state index >= 15 is 0 Å². The van der Waals surface area contributed by atoms with Gasteiger partial charge in [0, 0.05) is 29.9 Å². The molecule has 154 valence electrons. The summed E-state index contributed by atoms with van der Waals surface area (Å²) in [5.41, 5.74) is 6.76. The second-order valence-electron chi connectivity index (χ2n) is 6.24. The van der Waals surface area contributed by atoms with Crippen LogP contribution in [-0.4, -0.2) is 31.0 Å². The Bertz CT molecular complexity index is 1060. The Balaban J connectivity index is 1.95. The van der Waals surface area contributed by atoms with Crippen molar-refractivity contribution in [3.8, 4) is 5.75 Å². The topological polar surface area (TPSA) is 102 Å². The molecule has 1 atom stereocenters. The van der Waals surface area contributed by atoms with Gasteiger partial charge in [0.1, 0.15) is 18.2 Å².